The molecule has 0 saturated carbocycles. The van der Waals surface area contributed by atoms with E-state index in [1.165, 1.54) is 0 Å². The number of carbonyl (C=O) groups excluding carboxylic acids is 1. The lowest BCUT2D eigenvalue weighted by Gasteiger charge is -2.13. The molecule has 0 atom stereocenters. The quantitative estimate of drug-likeness (QED) is 0.577. The maximum atomic E-state index is 13.2. The number of aromatic nitrogens is 2. The third-order valence-electron chi connectivity index (χ3n) is 4.93. The Morgan fingerprint density at radius 2 is 1.96 bits per heavy atom. The Hall–Kier alpha value is -3.28. The summed E-state index contributed by atoms with van der Waals surface area (Å²) in [6.07, 6.45) is 3.27. The smallest absolute Gasteiger partial charge is 0.275 e. The molecule has 0 unspecified atom stereocenters. The summed E-state index contributed by atoms with van der Waals surface area (Å²) < 4.78 is 8.83. The van der Waals surface area contributed by atoms with Crippen molar-refractivity contribution in [2.75, 3.05) is 0 Å². The molecule has 0 aliphatic rings. The van der Waals surface area contributed by atoms with E-state index < -0.39 is 0 Å². The highest BCUT2D eigenvalue weighted by atomic mass is 16.3. The van der Waals surface area contributed by atoms with Crippen LogP contribution < -0.4 is 10.9 Å². The number of benzene rings is 1. The summed E-state index contributed by atoms with van der Waals surface area (Å²) in [5, 5.41) is 4.50. The van der Waals surface area contributed by atoms with Gasteiger partial charge < -0.3 is 18.9 Å². The van der Waals surface area contributed by atoms with Crippen molar-refractivity contribution in [1.29, 1.82) is 0 Å². The van der Waals surface area contributed by atoms with Gasteiger partial charge in [0.2, 0.25) is 0 Å². The van der Waals surface area contributed by atoms with Crippen molar-refractivity contribution in [2.45, 2.75) is 26.9 Å². The molecule has 1 amide bonds. The van der Waals surface area contributed by atoms with Gasteiger partial charge in [-0.2, -0.15) is 0 Å². The molecule has 3 aromatic heterocycles. The first-order chi connectivity index (χ1) is 13.5. The number of amides is 1. The lowest BCUT2D eigenvalue weighted by Crippen LogP contribution is -2.28. The molecular formula is C22H23N3O3. The Kier molecular flexibility index (Phi) is 4.55. The van der Waals surface area contributed by atoms with Gasteiger partial charge in [0.1, 0.15) is 11.3 Å². The zero-order chi connectivity index (χ0) is 19.8. The second-order valence-electron chi connectivity index (χ2n) is 7.46. The lowest BCUT2D eigenvalue weighted by atomic mass is 10.1. The van der Waals surface area contributed by atoms with E-state index in [0.29, 0.717) is 35.3 Å². The molecule has 0 radical (unpaired) electrons. The summed E-state index contributed by atoms with van der Waals surface area (Å²) in [6, 6.07) is 11.4. The summed E-state index contributed by atoms with van der Waals surface area (Å²) >= 11 is 0. The SMILES string of the molecule is CC(C)Cn1cc(C(=O)NCc2ccco2)c2c3ccccc3n(C)c2c1=O. The highest BCUT2D eigenvalue weighted by Crippen LogP contribution is 2.29. The molecule has 0 saturated heterocycles. The lowest BCUT2D eigenvalue weighted by molar-refractivity contribution is 0.0949. The first kappa shape index (κ1) is 18.1. The Balaban J connectivity index is 1.92. The minimum atomic E-state index is -0.227. The molecule has 0 aliphatic heterocycles. The maximum absolute atomic E-state index is 13.2. The molecule has 4 rings (SSSR count). The molecule has 6 nitrogen and oxygen atoms in total. The van der Waals surface area contributed by atoms with Crippen molar-refractivity contribution >= 4 is 27.7 Å². The topological polar surface area (TPSA) is 69.2 Å². The van der Waals surface area contributed by atoms with E-state index in [1.54, 1.807) is 23.1 Å². The molecule has 0 aliphatic carbocycles. The molecule has 6 heteroatoms. The van der Waals surface area contributed by atoms with Gasteiger partial charge in [-0.05, 0) is 24.1 Å². The number of aryl methyl sites for hydroxylation is 1. The number of furan rings is 1. The number of nitrogens with one attached hydrogen (secondary N) is 1. The number of hydrogen-bond donors (Lipinski definition) is 1. The van der Waals surface area contributed by atoms with Crippen LogP contribution in [-0.2, 0) is 20.1 Å². The number of pyridine rings is 1. The fourth-order valence-corrected chi connectivity index (χ4v) is 3.71. The molecule has 3 heterocycles. The molecule has 1 N–H and O–H groups in total. The van der Waals surface area contributed by atoms with Crippen molar-refractivity contribution in [3.8, 4) is 0 Å². The van der Waals surface area contributed by atoms with Crippen molar-refractivity contribution in [3.63, 3.8) is 0 Å². The Labute approximate surface area is 162 Å². The second-order valence-corrected chi connectivity index (χ2v) is 7.46. The van der Waals surface area contributed by atoms with Gasteiger partial charge in [-0.1, -0.05) is 32.0 Å². The Morgan fingerprint density at radius 3 is 2.68 bits per heavy atom. The van der Waals surface area contributed by atoms with Crippen LogP contribution in [0.4, 0.5) is 0 Å². The fraction of sp³-hybridized carbons (Fsp3) is 0.273. The van der Waals surface area contributed by atoms with Crippen LogP contribution in [0.15, 0.2) is 58.1 Å². The van der Waals surface area contributed by atoms with E-state index >= 15 is 0 Å². The van der Waals surface area contributed by atoms with E-state index in [4.69, 9.17) is 4.42 Å². The highest BCUT2D eigenvalue weighted by Gasteiger charge is 2.21. The number of nitrogens with zero attached hydrogens (tertiary/aromatic N) is 2. The summed E-state index contributed by atoms with van der Waals surface area (Å²) in [5.41, 5.74) is 1.90. The van der Waals surface area contributed by atoms with Crippen LogP contribution in [0, 0.1) is 5.92 Å². The first-order valence-corrected chi connectivity index (χ1v) is 9.38. The third-order valence-corrected chi connectivity index (χ3v) is 4.93. The minimum absolute atomic E-state index is 0.0787. The van der Waals surface area contributed by atoms with Crippen molar-refractivity contribution < 1.29 is 9.21 Å². The van der Waals surface area contributed by atoms with Crippen molar-refractivity contribution in [2.24, 2.45) is 13.0 Å². The van der Waals surface area contributed by atoms with Crippen LogP contribution in [0.25, 0.3) is 21.8 Å². The van der Waals surface area contributed by atoms with Gasteiger partial charge in [0.15, 0.2) is 0 Å². The molecule has 0 fully saturated rings. The fourth-order valence-electron chi connectivity index (χ4n) is 3.71. The van der Waals surface area contributed by atoms with Gasteiger partial charge in [-0.25, -0.2) is 0 Å². The molecule has 4 aromatic rings. The second kappa shape index (κ2) is 7.03. The van der Waals surface area contributed by atoms with Crippen LogP contribution >= 0.6 is 0 Å². The molecule has 1 aromatic carbocycles. The number of para-hydroxylation sites is 1. The predicted octanol–water partition coefficient (Wildman–Crippen LogP) is 3.67. The van der Waals surface area contributed by atoms with Gasteiger partial charge in [0.25, 0.3) is 11.5 Å². The van der Waals surface area contributed by atoms with Gasteiger partial charge in [0.05, 0.1) is 18.4 Å². The zero-order valence-electron chi connectivity index (χ0n) is 16.2. The van der Waals surface area contributed by atoms with Gasteiger partial charge >= 0.3 is 0 Å². The summed E-state index contributed by atoms with van der Waals surface area (Å²) in [6.45, 7) is 4.94. The van der Waals surface area contributed by atoms with Crippen molar-refractivity contribution in [1.82, 2.24) is 14.5 Å². The van der Waals surface area contributed by atoms with E-state index in [9.17, 15) is 9.59 Å². The average molecular weight is 377 g/mol. The number of carbonyl (C=O) groups is 1. The van der Waals surface area contributed by atoms with Crippen LogP contribution in [0.1, 0.15) is 30.0 Å². The molecule has 0 bridgehead atoms. The van der Waals surface area contributed by atoms with Gasteiger partial charge in [0, 0.05) is 36.1 Å². The summed E-state index contributed by atoms with van der Waals surface area (Å²) in [4.78, 5) is 26.2. The number of fused-ring (bicyclic) bond motifs is 3. The first-order valence-electron chi connectivity index (χ1n) is 9.38. The van der Waals surface area contributed by atoms with E-state index in [0.717, 1.165) is 10.9 Å². The van der Waals surface area contributed by atoms with E-state index in [2.05, 4.69) is 19.2 Å². The van der Waals surface area contributed by atoms with Crippen LogP contribution in [0.2, 0.25) is 0 Å². The molecular weight excluding hydrogens is 354 g/mol. The van der Waals surface area contributed by atoms with E-state index in [-0.39, 0.29) is 17.4 Å². The van der Waals surface area contributed by atoms with Crippen LogP contribution in [0.5, 0.6) is 0 Å². The highest BCUT2D eigenvalue weighted by molar-refractivity contribution is 6.17. The summed E-state index contributed by atoms with van der Waals surface area (Å²) in [5.74, 6) is 0.733. The standard InChI is InChI=1S/C22H23N3O3/c1-14(2)12-25-13-17(21(26)23-11-15-7-6-10-28-15)19-16-8-4-5-9-18(16)24(3)20(19)22(25)27/h4-10,13-14H,11-12H2,1-3H3,(H,23,26). The minimum Gasteiger partial charge on any atom is -0.467 e. The Bertz CT molecular complexity index is 1210. The largest absolute Gasteiger partial charge is 0.467 e. The average Bonchev–Trinajstić information content (AvgIpc) is 3.29. The monoisotopic (exact) mass is 377 g/mol. The maximum Gasteiger partial charge on any atom is 0.275 e. The van der Waals surface area contributed by atoms with Gasteiger partial charge in [-0.15, -0.1) is 0 Å². The van der Waals surface area contributed by atoms with Gasteiger partial charge in [-0.3, -0.25) is 9.59 Å². The van der Waals surface area contributed by atoms with Crippen LogP contribution in [-0.4, -0.2) is 15.0 Å². The normalized spacial score (nSPS) is 11.6. The predicted molar refractivity (Wildman–Crippen MR) is 109 cm³/mol. The third kappa shape index (κ3) is 3.01. The number of hydrogen-bond acceptors (Lipinski definition) is 3. The zero-order valence-corrected chi connectivity index (χ0v) is 16.2. The number of rotatable bonds is 5. The molecule has 0 spiro atoms. The molecule has 144 valence electrons. The van der Waals surface area contributed by atoms with Crippen molar-refractivity contribution in [3.05, 3.63) is 70.5 Å². The van der Waals surface area contributed by atoms with Crippen LogP contribution in [0.3, 0.4) is 0 Å². The Morgan fingerprint density at radius 1 is 1.18 bits per heavy atom. The van der Waals surface area contributed by atoms with E-state index in [1.807, 2.05) is 41.9 Å². The molecule has 28 heavy (non-hydrogen) atoms. The summed E-state index contributed by atoms with van der Waals surface area (Å²) in [7, 11) is 1.87.